The lowest BCUT2D eigenvalue weighted by atomic mass is 9.98. The summed E-state index contributed by atoms with van der Waals surface area (Å²) in [7, 11) is 0. The number of nitrogens with zero attached hydrogens (tertiary/aromatic N) is 3. The summed E-state index contributed by atoms with van der Waals surface area (Å²) in [6, 6.07) is 0. The lowest BCUT2D eigenvalue weighted by molar-refractivity contribution is 0.421. The number of azide groups is 1. The molecule has 3 nitrogen and oxygen atoms in total. The molecule has 0 amide bonds. The lowest BCUT2D eigenvalue weighted by Crippen LogP contribution is -2.08. The second-order valence-corrected chi connectivity index (χ2v) is 4.97. The van der Waals surface area contributed by atoms with Crippen LogP contribution in [-0.2, 0) is 0 Å². The van der Waals surface area contributed by atoms with Crippen molar-refractivity contribution in [2.24, 2.45) is 21.4 Å². The first kappa shape index (κ1) is 9.40. The third-order valence-corrected chi connectivity index (χ3v) is 4.71. The van der Waals surface area contributed by atoms with Gasteiger partial charge in [-0.15, -0.1) is 0 Å². The van der Waals surface area contributed by atoms with Crippen molar-refractivity contribution in [1.82, 2.24) is 0 Å². The second-order valence-electron chi connectivity index (χ2n) is 4.97. The van der Waals surface area contributed by atoms with Crippen molar-refractivity contribution < 1.29 is 0 Å². The van der Waals surface area contributed by atoms with Gasteiger partial charge in [-0.3, -0.25) is 0 Å². The monoisotopic (exact) mass is 167 g/mol. The Morgan fingerprint density at radius 2 is 1.50 bits per heavy atom. The summed E-state index contributed by atoms with van der Waals surface area (Å²) in [5.74, 6) is 0. The van der Waals surface area contributed by atoms with Crippen molar-refractivity contribution in [3.8, 4) is 0 Å². The van der Waals surface area contributed by atoms with Crippen molar-refractivity contribution in [2.75, 3.05) is 6.54 Å². The Labute approximate surface area is 73.8 Å². The number of rotatable bonds is 2. The van der Waals surface area contributed by atoms with Crippen LogP contribution < -0.4 is 0 Å². The van der Waals surface area contributed by atoms with Gasteiger partial charge in [-0.05, 0) is 21.8 Å². The molecule has 68 valence electrons. The Bertz CT molecular complexity index is 232. The zero-order valence-corrected chi connectivity index (χ0v) is 8.55. The highest BCUT2D eigenvalue weighted by Gasteiger charge is 2.73. The number of hydrogen-bond donors (Lipinski definition) is 0. The van der Waals surface area contributed by atoms with E-state index in [0.29, 0.717) is 6.54 Å². The average Bonchev–Trinajstić information content (AvgIpc) is 2.26. The smallest absolute Gasteiger partial charge is 0.0322 e. The minimum Gasteiger partial charge on any atom is -0.0934 e. The molecule has 1 fully saturated rings. The molecule has 0 radical (unpaired) electrons. The van der Waals surface area contributed by atoms with E-state index in [1.54, 1.807) is 0 Å². The molecular weight excluding hydrogens is 150 g/mol. The average molecular weight is 167 g/mol. The van der Waals surface area contributed by atoms with E-state index in [-0.39, 0.29) is 16.2 Å². The first-order valence-corrected chi connectivity index (χ1v) is 4.32. The first-order valence-electron chi connectivity index (χ1n) is 4.32. The fourth-order valence-corrected chi connectivity index (χ4v) is 2.28. The SMILES string of the molecule is CC1(C)C(C)(C)C1(C)CN=[N+]=[N-]. The predicted molar refractivity (Wildman–Crippen MR) is 49.7 cm³/mol. The second kappa shape index (κ2) is 2.17. The van der Waals surface area contributed by atoms with Crippen LogP contribution >= 0.6 is 0 Å². The molecule has 0 heterocycles. The molecular formula is C9H17N3. The summed E-state index contributed by atoms with van der Waals surface area (Å²) in [4.78, 5) is 2.82. The molecule has 0 aromatic heterocycles. The van der Waals surface area contributed by atoms with Crippen LogP contribution in [0.4, 0.5) is 0 Å². The largest absolute Gasteiger partial charge is 0.0934 e. The van der Waals surface area contributed by atoms with Crippen LogP contribution in [0.25, 0.3) is 10.4 Å². The quantitative estimate of drug-likeness (QED) is 0.344. The van der Waals surface area contributed by atoms with Crippen LogP contribution in [0.1, 0.15) is 34.6 Å². The molecule has 0 unspecified atom stereocenters. The maximum Gasteiger partial charge on any atom is 0.0322 e. The molecule has 1 aliphatic rings. The van der Waals surface area contributed by atoms with Gasteiger partial charge in [-0.1, -0.05) is 39.7 Å². The van der Waals surface area contributed by atoms with Gasteiger partial charge < -0.3 is 0 Å². The maximum absolute atomic E-state index is 8.26. The van der Waals surface area contributed by atoms with Crippen LogP contribution in [-0.4, -0.2) is 6.54 Å². The van der Waals surface area contributed by atoms with Gasteiger partial charge in [0.05, 0.1) is 0 Å². The summed E-state index contributed by atoms with van der Waals surface area (Å²) in [6.45, 7) is 11.8. The summed E-state index contributed by atoms with van der Waals surface area (Å²) in [6.07, 6.45) is 0. The third kappa shape index (κ3) is 0.748. The van der Waals surface area contributed by atoms with E-state index in [1.165, 1.54) is 0 Å². The summed E-state index contributed by atoms with van der Waals surface area (Å²) in [5, 5.41) is 3.68. The van der Waals surface area contributed by atoms with Crippen molar-refractivity contribution in [3.63, 3.8) is 0 Å². The molecule has 1 rings (SSSR count). The van der Waals surface area contributed by atoms with Crippen LogP contribution in [0, 0.1) is 16.2 Å². The zero-order valence-electron chi connectivity index (χ0n) is 8.55. The van der Waals surface area contributed by atoms with Crippen molar-refractivity contribution in [3.05, 3.63) is 10.4 Å². The highest BCUT2D eigenvalue weighted by Crippen LogP contribution is 2.77. The Hall–Kier alpha value is -0.690. The predicted octanol–water partition coefficient (Wildman–Crippen LogP) is 3.37. The van der Waals surface area contributed by atoms with E-state index < -0.39 is 0 Å². The van der Waals surface area contributed by atoms with Gasteiger partial charge >= 0.3 is 0 Å². The van der Waals surface area contributed by atoms with E-state index in [4.69, 9.17) is 5.53 Å². The van der Waals surface area contributed by atoms with Gasteiger partial charge in [0.1, 0.15) is 0 Å². The molecule has 12 heavy (non-hydrogen) atoms. The molecule has 1 aliphatic carbocycles. The number of hydrogen-bond acceptors (Lipinski definition) is 1. The van der Waals surface area contributed by atoms with E-state index in [1.807, 2.05) is 0 Å². The van der Waals surface area contributed by atoms with Gasteiger partial charge in [-0.2, -0.15) is 0 Å². The minimum atomic E-state index is 0.173. The maximum atomic E-state index is 8.26. The summed E-state index contributed by atoms with van der Waals surface area (Å²) >= 11 is 0. The Kier molecular flexibility index (Phi) is 1.70. The molecule has 0 bridgehead atoms. The zero-order chi connectivity index (χ0) is 9.62. The Morgan fingerprint density at radius 1 is 1.08 bits per heavy atom. The molecule has 0 saturated heterocycles. The van der Waals surface area contributed by atoms with Crippen molar-refractivity contribution in [1.29, 1.82) is 0 Å². The molecule has 0 spiro atoms. The van der Waals surface area contributed by atoms with E-state index in [9.17, 15) is 0 Å². The van der Waals surface area contributed by atoms with E-state index >= 15 is 0 Å². The van der Waals surface area contributed by atoms with Crippen LogP contribution in [0.3, 0.4) is 0 Å². The first-order chi connectivity index (χ1) is 5.31. The molecule has 1 saturated carbocycles. The van der Waals surface area contributed by atoms with Crippen LogP contribution in [0.15, 0.2) is 5.11 Å². The van der Waals surface area contributed by atoms with Gasteiger partial charge in [0.2, 0.25) is 0 Å². The highest BCUT2D eigenvalue weighted by molar-refractivity contribution is 5.22. The molecule has 0 atom stereocenters. The van der Waals surface area contributed by atoms with E-state index in [0.717, 1.165) is 0 Å². The normalized spacial score (nSPS) is 27.4. The fourth-order valence-electron chi connectivity index (χ4n) is 2.28. The Morgan fingerprint density at radius 3 is 1.75 bits per heavy atom. The molecule has 0 aromatic rings. The highest BCUT2D eigenvalue weighted by atomic mass is 15.1. The fraction of sp³-hybridized carbons (Fsp3) is 1.00. The van der Waals surface area contributed by atoms with Gasteiger partial charge in [0.15, 0.2) is 0 Å². The third-order valence-electron chi connectivity index (χ3n) is 4.71. The topological polar surface area (TPSA) is 48.8 Å². The van der Waals surface area contributed by atoms with Gasteiger partial charge in [0, 0.05) is 11.5 Å². The Balaban J connectivity index is 2.84. The van der Waals surface area contributed by atoms with E-state index in [2.05, 4.69) is 44.6 Å². The van der Waals surface area contributed by atoms with Gasteiger partial charge in [0.25, 0.3) is 0 Å². The summed E-state index contributed by atoms with van der Waals surface area (Å²) in [5.41, 5.74) is 9.00. The van der Waals surface area contributed by atoms with Crippen LogP contribution in [0.5, 0.6) is 0 Å². The molecule has 0 N–H and O–H groups in total. The van der Waals surface area contributed by atoms with Crippen molar-refractivity contribution in [2.45, 2.75) is 34.6 Å². The standard InChI is InChI=1S/C9H17N3/c1-7(2)8(3,4)9(7,5)6-11-12-10/h6H2,1-5H3. The minimum absolute atomic E-state index is 0.173. The molecule has 0 aliphatic heterocycles. The summed E-state index contributed by atoms with van der Waals surface area (Å²) < 4.78 is 0. The van der Waals surface area contributed by atoms with Crippen LogP contribution in [0.2, 0.25) is 0 Å². The molecule has 3 heteroatoms. The molecule has 0 aromatic carbocycles. The lowest BCUT2D eigenvalue weighted by Gasteiger charge is -2.10. The van der Waals surface area contributed by atoms with Crippen molar-refractivity contribution >= 4 is 0 Å². The van der Waals surface area contributed by atoms with Gasteiger partial charge in [-0.25, -0.2) is 0 Å².